The Morgan fingerprint density at radius 2 is 1.76 bits per heavy atom. The van der Waals surface area contributed by atoms with Crippen molar-refractivity contribution in [3.05, 3.63) is 107 Å². The molecule has 0 radical (unpaired) electrons. The Labute approximate surface area is 237 Å². The maximum Gasteiger partial charge on any atom is 0.443 e. The van der Waals surface area contributed by atoms with Crippen LogP contribution in [0.2, 0.25) is 0 Å². The zero-order valence-electron chi connectivity index (χ0n) is 22.8. The summed E-state index contributed by atoms with van der Waals surface area (Å²) in [6, 6.07) is 26.7. The van der Waals surface area contributed by atoms with E-state index in [0.29, 0.717) is 18.7 Å². The Morgan fingerprint density at radius 3 is 2.54 bits per heavy atom. The Kier molecular flexibility index (Phi) is 6.90. The fourth-order valence-corrected chi connectivity index (χ4v) is 5.85. The number of rotatable bonds is 5. The number of hydrogen-bond donors (Lipinski definition) is 4. The van der Waals surface area contributed by atoms with Gasteiger partial charge in [0.1, 0.15) is 18.8 Å². The molecule has 2 aliphatic rings. The van der Waals surface area contributed by atoms with Crippen molar-refractivity contribution in [2.45, 2.75) is 26.1 Å². The van der Waals surface area contributed by atoms with Crippen LogP contribution < -0.4 is 20.7 Å². The van der Waals surface area contributed by atoms with Gasteiger partial charge in [-0.05, 0) is 53.6 Å². The second-order valence-corrected chi connectivity index (χ2v) is 10.7. The van der Waals surface area contributed by atoms with Crippen LogP contribution in [0.3, 0.4) is 0 Å². The fraction of sp³-hybridized carbons (Fsp3) is 0.219. The van der Waals surface area contributed by atoms with E-state index >= 15 is 0 Å². The first kappa shape index (κ1) is 26.5. The van der Waals surface area contributed by atoms with Crippen LogP contribution in [0.1, 0.15) is 22.3 Å². The maximum absolute atomic E-state index is 14.5. The van der Waals surface area contributed by atoms with Gasteiger partial charge in [-0.15, -0.1) is 10.0 Å². The number of nitrogens with zero attached hydrogens (tertiary/aromatic N) is 2. The molecule has 4 aromatic carbocycles. The first-order valence-electron chi connectivity index (χ1n) is 13.7. The summed E-state index contributed by atoms with van der Waals surface area (Å²) in [6.45, 7) is 2.22. The van der Waals surface area contributed by atoms with Gasteiger partial charge in [-0.1, -0.05) is 66.2 Å². The topological polar surface area (TPSA) is 111 Å². The molecular weight excluding hydrogens is 518 g/mol. The van der Waals surface area contributed by atoms with Gasteiger partial charge in [0, 0.05) is 18.0 Å². The summed E-state index contributed by atoms with van der Waals surface area (Å²) in [5.41, 5.74) is 7.97. The molecule has 208 valence electrons. The van der Waals surface area contributed by atoms with E-state index in [0.717, 1.165) is 33.0 Å². The molecule has 9 nitrogen and oxygen atoms in total. The molecule has 41 heavy (non-hydrogen) atoms. The van der Waals surface area contributed by atoms with E-state index < -0.39 is 6.17 Å². The monoisotopic (exact) mass is 550 g/mol. The summed E-state index contributed by atoms with van der Waals surface area (Å²) in [6.07, 6.45) is -0.121. The smallest absolute Gasteiger partial charge is 0.443 e. The molecule has 2 fully saturated rings. The number of nitrogens with one attached hydrogen (secondary N) is 3. The third-order valence-electron chi connectivity index (χ3n) is 7.88. The third-order valence-corrected chi connectivity index (χ3v) is 7.88. The van der Waals surface area contributed by atoms with E-state index in [9.17, 15) is 19.5 Å². The molecule has 0 saturated carbocycles. The number of amides is 4. The minimum atomic E-state index is -0.697. The van der Waals surface area contributed by atoms with Gasteiger partial charge in [-0.2, -0.15) is 0 Å². The molecule has 4 aromatic rings. The number of piperazine rings is 1. The van der Waals surface area contributed by atoms with E-state index in [4.69, 9.17) is 0 Å². The molecule has 0 bridgehead atoms. The summed E-state index contributed by atoms with van der Waals surface area (Å²) < 4.78 is -0.373. The van der Waals surface area contributed by atoms with Crippen molar-refractivity contribution in [1.82, 2.24) is 25.6 Å². The van der Waals surface area contributed by atoms with Gasteiger partial charge < -0.3 is 10.4 Å². The van der Waals surface area contributed by atoms with Crippen LogP contribution in [0, 0.1) is 6.92 Å². The van der Waals surface area contributed by atoms with Crippen molar-refractivity contribution in [1.29, 1.82) is 0 Å². The molecule has 2 atom stereocenters. The number of hydrogen-bond acceptors (Lipinski definition) is 5. The van der Waals surface area contributed by atoms with Crippen molar-refractivity contribution >= 4 is 34.3 Å². The highest BCUT2D eigenvalue weighted by atomic mass is 16.3. The summed E-state index contributed by atoms with van der Waals surface area (Å²) in [4.78, 5) is 41.5. The molecule has 2 saturated heterocycles. The average molecular weight is 551 g/mol. The SMILES string of the molecule is Cc1ccc2cc(Cc3ccc(O)cc3)cc([N+]3(C(=O)NCc4ccccc4)NCC(=O)N4CC(=O)NCC43)c2c1. The van der Waals surface area contributed by atoms with Gasteiger partial charge in [0.25, 0.3) is 0 Å². The highest BCUT2D eigenvalue weighted by Crippen LogP contribution is 2.38. The first-order chi connectivity index (χ1) is 19.8. The molecule has 0 spiro atoms. The number of carbonyl (C=O) groups is 3. The molecule has 2 aliphatic heterocycles. The molecule has 6 rings (SSSR count). The lowest BCUT2D eigenvalue weighted by molar-refractivity contribution is -0.151. The zero-order chi connectivity index (χ0) is 28.6. The lowest BCUT2D eigenvalue weighted by atomic mass is 9.97. The van der Waals surface area contributed by atoms with Gasteiger partial charge >= 0.3 is 6.03 Å². The Morgan fingerprint density at radius 1 is 0.976 bits per heavy atom. The molecule has 4 amide bonds. The van der Waals surface area contributed by atoms with Crippen LogP contribution in [-0.4, -0.2) is 53.7 Å². The minimum absolute atomic E-state index is 0.0992. The fourth-order valence-electron chi connectivity index (χ4n) is 5.85. The number of phenols is 1. The van der Waals surface area contributed by atoms with Gasteiger partial charge in [0.15, 0.2) is 5.69 Å². The molecule has 2 heterocycles. The van der Waals surface area contributed by atoms with E-state index in [-0.39, 0.29) is 47.8 Å². The molecule has 9 heteroatoms. The predicted molar refractivity (Wildman–Crippen MR) is 157 cm³/mol. The van der Waals surface area contributed by atoms with E-state index in [1.807, 2.05) is 67.6 Å². The van der Waals surface area contributed by atoms with Crippen molar-refractivity contribution in [3.8, 4) is 5.75 Å². The first-order valence-corrected chi connectivity index (χ1v) is 13.7. The zero-order valence-corrected chi connectivity index (χ0v) is 22.8. The van der Waals surface area contributed by atoms with Crippen molar-refractivity contribution < 1.29 is 19.5 Å². The number of benzene rings is 4. The molecule has 0 aliphatic carbocycles. The minimum Gasteiger partial charge on any atom is -0.508 e. The number of phenolic OH excluding ortho intramolecular Hbond substituents is 1. The third kappa shape index (κ3) is 5.01. The second kappa shape index (κ2) is 10.7. The van der Waals surface area contributed by atoms with E-state index in [1.165, 1.54) is 4.90 Å². The van der Waals surface area contributed by atoms with Crippen LogP contribution in [0.5, 0.6) is 5.75 Å². The highest BCUT2D eigenvalue weighted by Gasteiger charge is 2.57. The lowest BCUT2D eigenvalue weighted by Crippen LogP contribution is -2.83. The number of aromatic hydroxyl groups is 1. The Balaban J connectivity index is 1.52. The van der Waals surface area contributed by atoms with Crippen LogP contribution in [0.4, 0.5) is 10.5 Å². The van der Waals surface area contributed by atoms with Crippen LogP contribution >= 0.6 is 0 Å². The number of aryl methyl sites for hydroxylation is 1. The Hall–Kier alpha value is -4.73. The maximum atomic E-state index is 14.5. The molecule has 2 unspecified atom stereocenters. The number of urea groups is 1. The normalized spacial score (nSPS) is 20.4. The Bertz CT molecular complexity index is 1640. The number of fused-ring (bicyclic) bond motifs is 2. The molecular formula is C32H32N5O4+. The lowest BCUT2D eigenvalue weighted by Gasteiger charge is -2.50. The van der Waals surface area contributed by atoms with Crippen LogP contribution in [-0.2, 0) is 22.6 Å². The standard InChI is InChI=1S/C32H31N5O4/c1-21-7-10-25-15-24(14-22-8-11-26(38)12-9-22)16-28(27(25)13-21)37(32(41)34-17-23-5-3-2-4-6-23)30-18-33-29(39)20-36(30)31(40)19-35-37/h2-13,15-16,30,35H,14,17-20H2,1H3,(H2-,33,34,38,39,41)/p+1. The highest BCUT2D eigenvalue weighted by molar-refractivity contribution is 6.02. The quantitative estimate of drug-likeness (QED) is 0.285. The van der Waals surface area contributed by atoms with Crippen LogP contribution in [0.25, 0.3) is 10.8 Å². The van der Waals surface area contributed by atoms with Gasteiger partial charge in [-0.25, -0.2) is 4.79 Å². The van der Waals surface area contributed by atoms with Gasteiger partial charge in [0.05, 0.1) is 6.54 Å². The van der Waals surface area contributed by atoms with Crippen molar-refractivity contribution in [2.75, 3.05) is 19.6 Å². The average Bonchev–Trinajstić information content (AvgIpc) is 2.98. The summed E-state index contributed by atoms with van der Waals surface area (Å²) >= 11 is 0. The summed E-state index contributed by atoms with van der Waals surface area (Å²) in [5.74, 6) is -0.277. The van der Waals surface area contributed by atoms with Gasteiger partial charge in [0.2, 0.25) is 18.0 Å². The second-order valence-electron chi connectivity index (χ2n) is 10.7. The molecule has 0 aromatic heterocycles. The predicted octanol–water partition coefficient (Wildman–Crippen LogP) is 3.46. The number of quaternary nitrogens is 1. The summed E-state index contributed by atoms with van der Waals surface area (Å²) in [5, 5.41) is 17.6. The van der Waals surface area contributed by atoms with Crippen LogP contribution in [0.15, 0.2) is 84.9 Å². The summed E-state index contributed by atoms with van der Waals surface area (Å²) in [7, 11) is 0. The van der Waals surface area contributed by atoms with Crippen molar-refractivity contribution in [2.24, 2.45) is 0 Å². The van der Waals surface area contributed by atoms with Gasteiger partial charge in [-0.3, -0.25) is 19.8 Å². The number of carbonyl (C=O) groups excluding carboxylic acids is 3. The van der Waals surface area contributed by atoms with E-state index in [2.05, 4.69) is 28.2 Å². The molecule has 4 N–H and O–H groups in total. The largest absolute Gasteiger partial charge is 0.508 e. The van der Waals surface area contributed by atoms with Crippen molar-refractivity contribution in [3.63, 3.8) is 0 Å². The van der Waals surface area contributed by atoms with E-state index in [1.54, 1.807) is 12.1 Å².